The lowest BCUT2D eigenvalue weighted by atomic mass is 9.98. The Morgan fingerprint density at radius 1 is 1.03 bits per heavy atom. The summed E-state index contributed by atoms with van der Waals surface area (Å²) in [4.78, 5) is 35.3. The number of carboxylic acids is 1. The molecule has 7 heteroatoms. The fourth-order valence-corrected chi connectivity index (χ4v) is 4.12. The third kappa shape index (κ3) is 3.86. The van der Waals surface area contributed by atoms with Gasteiger partial charge in [-0.1, -0.05) is 48.5 Å². The number of alkyl carbamates (subject to hydrolysis) is 1. The van der Waals surface area contributed by atoms with E-state index in [1.165, 1.54) is 0 Å². The predicted molar refractivity (Wildman–Crippen MR) is 106 cm³/mol. The number of rotatable bonds is 6. The third-order valence-electron chi connectivity index (χ3n) is 5.63. The number of carbonyl (C=O) groups is 3. The maximum absolute atomic E-state index is 12.2. The zero-order valence-electron chi connectivity index (χ0n) is 15.8. The van der Waals surface area contributed by atoms with Gasteiger partial charge in [0.25, 0.3) is 0 Å². The van der Waals surface area contributed by atoms with Crippen LogP contribution in [0.5, 0.6) is 0 Å². The molecule has 2 aliphatic rings. The number of ketones is 1. The highest BCUT2D eigenvalue weighted by Crippen LogP contribution is 2.44. The van der Waals surface area contributed by atoms with E-state index >= 15 is 0 Å². The van der Waals surface area contributed by atoms with Gasteiger partial charge in [0.1, 0.15) is 12.6 Å². The van der Waals surface area contributed by atoms with Crippen molar-refractivity contribution in [2.45, 2.75) is 18.4 Å². The van der Waals surface area contributed by atoms with Crippen LogP contribution < -0.4 is 10.6 Å². The van der Waals surface area contributed by atoms with E-state index in [0.717, 1.165) is 22.3 Å². The zero-order valence-corrected chi connectivity index (χ0v) is 15.8. The van der Waals surface area contributed by atoms with Crippen LogP contribution >= 0.6 is 0 Å². The first-order valence-corrected chi connectivity index (χ1v) is 9.62. The average molecular weight is 394 g/mol. The van der Waals surface area contributed by atoms with Crippen LogP contribution in [0.15, 0.2) is 48.5 Å². The van der Waals surface area contributed by atoms with Crippen LogP contribution in [-0.4, -0.2) is 48.7 Å². The molecule has 2 aromatic rings. The molecule has 2 unspecified atom stereocenters. The van der Waals surface area contributed by atoms with E-state index in [1.807, 2.05) is 36.4 Å². The molecule has 4 rings (SSSR count). The molecule has 1 amide bonds. The van der Waals surface area contributed by atoms with Gasteiger partial charge in [-0.15, -0.1) is 0 Å². The molecular weight excluding hydrogens is 372 g/mol. The molecule has 1 aliphatic carbocycles. The summed E-state index contributed by atoms with van der Waals surface area (Å²) >= 11 is 0. The Balaban J connectivity index is 1.31. The number of aliphatic carboxylic acids is 1. The number of benzene rings is 2. The van der Waals surface area contributed by atoms with Crippen molar-refractivity contribution in [1.82, 2.24) is 10.6 Å². The summed E-state index contributed by atoms with van der Waals surface area (Å²) in [5.41, 5.74) is 4.53. The fourth-order valence-electron chi connectivity index (χ4n) is 4.12. The smallest absolute Gasteiger partial charge is 0.407 e. The molecular formula is C22H22N2O5. The van der Waals surface area contributed by atoms with Crippen molar-refractivity contribution in [3.8, 4) is 11.1 Å². The molecule has 7 nitrogen and oxygen atoms in total. The molecule has 1 fully saturated rings. The molecule has 150 valence electrons. The third-order valence-corrected chi connectivity index (χ3v) is 5.63. The summed E-state index contributed by atoms with van der Waals surface area (Å²) in [6, 6.07) is 15.4. The quantitative estimate of drug-likeness (QED) is 0.694. The minimum atomic E-state index is -0.968. The molecule has 0 bridgehead atoms. The summed E-state index contributed by atoms with van der Waals surface area (Å²) < 4.78 is 5.40. The summed E-state index contributed by atoms with van der Waals surface area (Å²) in [6.07, 6.45) is -0.415. The number of carbonyl (C=O) groups excluding carboxylic acids is 2. The summed E-state index contributed by atoms with van der Waals surface area (Å²) in [5, 5.41) is 14.3. The predicted octanol–water partition coefficient (Wildman–Crippen LogP) is 2.16. The van der Waals surface area contributed by atoms with Crippen molar-refractivity contribution in [2.75, 3.05) is 19.7 Å². The normalized spacial score (nSPS) is 20.0. The summed E-state index contributed by atoms with van der Waals surface area (Å²) in [7, 11) is 0. The molecule has 3 N–H and O–H groups in total. The van der Waals surface area contributed by atoms with E-state index in [9.17, 15) is 14.4 Å². The van der Waals surface area contributed by atoms with Crippen LogP contribution in [0.3, 0.4) is 0 Å². The minimum absolute atomic E-state index is 0.0424. The minimum Gasteiger partial charge on any atom is -0.480 e. The molecule has 0 spiro atoms. The van der Waals surface area contributed by atoms with Gasteiger partial charge < -0.3 is 20.5 Å². The topological polar surface area (TPSA) is 105 Å². The molecule has 1 saturated heterocycles. The number of ether oxygens (including phenoxy) is 1. The number of hydrogen-bond acceptors (Lipinski definition) is 5. The van der Waals surface area contributed by atoms with Crippen LogP contribution in [0.4, 0.5) is 4.79 Å². The second-order valence-corrected chi connectivity index (χ2v) is 7.38. The standard InChI is InChI=1S/C22H22N2O5/c25-20(13-9-19(21(26)27)23-10-13)11-24-22(28)29-12-18-16-7-3-1-5-14(16)15-6-2-4-8-17(15)18/h1-8,13,18-19,23H,9-12H2,(H,24,28)(H,26,27). The van der Waals surface area contributed by atoms with Gasteiger partial charge in [-0.05, 0) is 28.7 Å². The van der Waals surface area contributed by atoms with E-state index in [-0.39, 0.29) is 31.3 Å². The molecule has 2 atom stereocenters. The molecule has 29 heavy (non-hydrogen) atoms. The maximum Gasteiger partial charge on any atom is 0.407 e. The Labute approximate surface area is 168 Å². The van der Waals surface area contributed by atoms with Gasteiger partial charge in [0.05, 0.1) is 6.54 Å². The molecule has 0 aromatic heterocycles. The van der Waals surface area contributed by atoms with Gasteiger partial charge in [0.2, 0.25) is 0 Å². The molecule has 2 aromatic carbocycles. The number of Topliss-reactive ketones (excluding diaryl/α,β-unsaturated/α-hetero) is 1. The van der Waals surface area contributed by atoms with E-state index in [4.69, 9.17) is 9.84 Å². The van der Waals surface area contributed by atoms with Crippen LogP contribution in [-0.2, 0) is 14.3 Å². The van der Waals surface area contributed by atoms with Gasteiger partial charge in [-0.2, -0.15) is 0 Å². The number of amides is 1. The second-order valence-electron chi connectivity index (χ2n) is 7.38. The first kappa shape index (κ1) is 19.1. The largest absolute Gasteiger partial charge is 0.480 e. The van der Waals surface area contributed by atoms with E-state index in [0.29, 0.717) is 6.54 Å². The van der Waals surface area contributed by atoms with Gasteiger partial charge in [-0.3, -0.25) is 9.59 Å². The number of fused-ring (bicyclic) bond motifs is 3. The molecule has 0 saturated carbocycles. The van der Waals surface area contributed by atoms with E-state index < -0.39 is 24.0 Å². The van der Waals surface area contributed by atoms with E-state index in [2.05, 4.69) is 22.8 Å². The highest BCUT2D eigenvalue weighted by Gasteiger charge is 2.33. The lowest BCUT2D eigenvalue weighted by Crippen LogP contribution is -2.34. The van der Waals surface area contributed by atoms with Crippen molar-refractivity contribution >= 4 is 17.8 Å². The maximum atomic E-state index is 12.2. The Morgan fingerprint density at radius 2 is 1.66 bits per heavy atom. The first-order valence-electron chi connectivity index (χ1n) is 9.62. The summed E-state index contributed by atoms with van der Waals surface area (Å²) in [6.45, 7) is 0.317. The average Bonchev–Trinajstić information content (AvgIpc) is 3.34. The van der Waals surface area contributed by atoms with Crippen LogP contribution in [0.25, 0.3) is 11.1 Å². The van der Waals surface area contributed by atoms with Crippen molar-refractivity contribution in [3.05, 3.63) is 59.7 Å². The highest BCUT2D eigenvalue weighted by atomic mass is 16.5. The molecule has 0 radical (unpaired) electrons. The first-order chi connectivity index (χ1) is 14.0. The van der Waals surface area contributed by atoms with Crippen molar-refractivity contribution in [1.29, 1.82) is 0 Å². The second kappa shape index (κ2) is 8.05. The van der Waals surface area contributed by atoms with Crippen molar-refractivity contribution in [3.63, 3.8) is 0 Å². The fraction of sp³-hybridized carbons (Fsp3) is 0.318. The lowest BCUT2D eigenvalue weighted by molar-refractivity contribution is -0.139. The highest BCUT2D eigenvalue weighted by molar-refractivity contribution is 5.87. The molecule has 1 aliphatic heterocycles. The molecule has 1 heterocycles. The van der Waals surface area contributed by atoms with Gasteiger partial charge in [0, 0.05) is 18.4 Å². The van der Waals surface area contributed by atoms with Crippen LogP contribution in [0, 0.1) is 5.92 Å². The van der Waals surface area contributed by atoms with Crippen molar-refractivity contribution in [2.24, 2.45) is 5.92 Å². The lowest BCUT2D eigenvalue weighted by Gasteiger charge is -2.15. The van der Waals surface area contributed by atoms with Gasteiger partial charge >= 0.3 is 12.1 Å². The van der Waals surface area contributed by atoms with Crippen molar-refractivity contribution < 1.29 is 24.2 Å². The Hall–Kier alpha value is -3.19. The number of hydrogen-bond donors (Lipinski definition) is 3. The Kier molecular flexibility index (Phi) is 5.31. The number of carboxylic acid groups (broad SMARTS) is 1. The van der Waals surface area contributed by atoms with E-state index in [1.54, 1.807) is 0 Å². The zero-order chi connectivity index (χ0) is 20.4. The Bertz CT molecular complexity index is 912. The van der Waals surface area contributed by atoms with Crippen LogP contribution in [0.2, 0.25) is 0 Å². The summed E-state index contributed by atoms with van der Waals surface area (Å²) in [5.74, 6) is -1.62. The number of nitrogens with one attached hydrogen (secondary N) is 2. The van der Waals surface area contributed by atoms with Crippen LogP contribution in [0.1, 0.15) is 23.5 Å². The van der Waals surface area contributed by atoms with Gasteiger partial charge in [-0.25, -0.2) is 4.79 Å². The Morgan fingerprint density at radius 3 is 2.24 bits per heavy atom. The van der Waals surface area contributed by atoms with Gasteiger partial charge in [0.15, 0.2) is 5.78 Å². The monoisotopic (exact) mass is 394 g/mol. The SMILES string of the molecule is O=C(NCC(=O)C1CNC(C(=O)O)C1)OCC1c2ccccc2-c2ccccc21.